The van der Waals surface area contributed by atoms with Gasteiger partial charge in [-0.15, -0.1) is 0 Å². The van der Waals surface area contributed by atoms with E-state index in [4.69, 9.17) is 9.47 Å². The number of carbonyl (C=O) groups is 1. The summed E-state index contributed by atoms with van der Waals surface area (Å²) in [4.78, 5) is 14.9. The van der Waals surface area contributed by atoms with Crippen molar-refractivity contribution in [3.05, 3.63) is 35.9 Å². The Morgan fingerprint density at radius 1 is 1.27 bits per heavy atom. The van der Waals surface area contributed by atoms with E-state index in [0.717, 1.165) is 38.9 Å². The van der Waals surface area contributed by atoms with Gasteiger partial charge in [0.1, 0.15) is 0 Å². The van der Waals surface area contributed by atoms with E-state index in [0.29, 0.717) is 19.6 Å². The third-order valence-corrected chi connectivity index (χ3v) is 5.08. The Hall–Kier alpha value is -1.90. The van der Waals surface area contributed by atoms with Crippen molar-refractivity contribution in [1.29, 1.82) is 5.26 Å². The van der Waals surface area contributed by atoms with Gasteiger partial charge in [-0.2, -0.15) is 5.26 Å². The second-order valence-electron chi connectivity index (χ2n) is 6.96. The second kappa shape index (κ2) is 10.3. The van der Waals surface area contributed by atoms with Crippen LogP contribution in [0.1, 0.15) is 45.1 Å². The quantitative estimate of drug-likeness (QED) is 0.632. The molecule has 0 aromatic heterocycles. The van der Waals surface area contributed by atoms with Crippen molar-refractivity contribution in [2.24, 2.45) is 5.41 Å². The molecule has 1 atom stereocenters. The van der Waals surface area contributed by atoms with Gasteiger partial charge in [0.2, 0.25) is 0 Å². The summed E-state index contributed by atoms with van der Waals surface area (Å²) in [6, 6.07) is 12.7. The van der Waals surface area contributed by atoms with Crippen LogP contribution in [0.3, 0.4) is 0 Å². The number of rotatable bonds is 9. The maximum absolute atomic E-state index is 12.5. The van der Waals surface area contributed by atoms with Crippen LogP contribution in [-0.4, -0.2) is 43.3 Å². The van der Waals surface area contributed by atoms with Gasteiger partial charge in [-0.25, -0.2) is 4.79 Å². The van der Waals surface area contributed by atoms with Gasteiger partial charge in [-0.05, 0) is 44.8 Å². The van der Waals surface area contributed by atoms with Gasteiger partial charge in [-0.1, -0.05) is 37.3 Å². The summed E-state index contributed by atoms with van der Waals surface area (Å²) in [6.45, 7) is 7.24. The zero-order valence-electron chi connectivity index (χ0n) is 15.9. The molecule has 1 aromatic carbocycles. The fourth-order valence-electron chi connectivity index (χ4n) is 3.64. The second-order valence-corrected chi connectivity index (χ2v) is 6.96. The van der Waals surface area contributed by atoms with Crippen molar-refractivity contribution >= 4 is 5.97 Å². The van der Waals surface area contributed by atoms with E-state index in [-0.39, 0.29) is 5.97 Å². The molecule has 0 saturated carbocycles. The number of benzene rings is 1. The summed E-state index contributed by atoms with van der Waals surface area (Å²) in [6.07, 6.45) is 2.03. The van der Waals surface area contributed by atoms with Crippen molar-refractivity contribution in [3.63, 3.8) is 0 Å². The summed E-state index contributed by atoms with van der Waals surface area (Å²) in [5.41, 5.74) is 0.827. The third-order valence-electron chi connectivity index (χ3n) is 5.08. The molecule has 142 valence electrons. The van der Waals surface area contributed by atoms with Crippen molar-refractivity contribution in [2.45, 2.75) is 52.2 Å². The number of piperidine rings is 1. The smallest absolute Gasteiger partial charge is 0.335 e. The number of hydrogen-bond acceptors (Lipinski definition) is 5. The van der Waals surface area contributed by atoms with Gasteiger partial charge < -0.3 is 9.47 Å². The van der Waals surface area contributed by atoms with E-state index in [1.54, 1.807) is 6.92 Å². The van der Waals surface area contributed by atoms with Gasteiger partial charge >= 0.3 is 5.97 Å². The standard InChI is InChI=1S/C21H30N2O3/c1-3-16-26-19(20(24)25-4-2)21(10-13-22)11-14-23(15-12-21)17-18-8-6-5-7-9-18/h5-9,19H,3-4,10-12,14-17H2,1-2H3. The van der Waals surface area contributed by atoms with Crippen LogP contribution in [0.15, 0.2) is 30.3 Å². The summed E-state index contributed by atoms with van der Waals surface area (Å²) in [7, 11) is 0. The van der Waals surface area contributed by atoms with Crippen LogP contribution in [0.2, 0.25) is 0 Å². The Morgan fingerprint density at radius 3 is 2.54 bits per heavy atom. The lowest BCUT2D eigenvalue weighted by atomic mass is 9.71. The van der Waals surface area contributed by atoms with Crippen LogP contribution in [0.4, 0.5) is 0 Å². The van der Waals surface area contributed by atoms with E-state index < -0.39 is 11.5 Å². The minimum atomic E-state index is -0.652. The maximum Gasteiger partial charge on any atom is 0.335 e. The molecular formula is C21H30N2O3. The Morgan fingerprint density at radius 2 is 1.96 bits per heavy atom. The summed E-state index contributed by atoms with van der Waals surface area (Å²) < 4.78 is 11.2. The SMILES string of the molecule is CCCOC(C(=O)OCC)C1(CC#N)CCN(Cc2ccccc2)CC1. The Balaban J connectivity index is 2.08. The molecule has 26 heavy (non-hydrogen) atoms. The molecule has 1 unspecified atom stereocenters. The maximum atomic E-state index is 12.5. The molecule has 5 heteroatoms. The first kappa shape index (κ1) is 20.4. The predicted octanol–water partition coefficient (Wildman–Crippen LogP) is 3.54. The Labute approximate surface area is 156 Å². The lowest BCUT2D eigenvalue weighted by Gasteiger charge is -2.44. The molecule has 0 spiro atoms. The predicted molar refractivity (Wildman–Crippen MR) is 100 cm³/mol. The number of ether oxygens (including phenoxy) is 2. The largest absolute Gasteiger partial charge is 0.464 e. The fourth-order valence-corrected chi connectivity index (χ4v) is 3.64. The molecule has 1 aromatic rings. The van der Waals surface area contributed by atoms with Gasteiger partial charge in [-0.3, -0.25) is 4.90 Å². The Kier molecular flexibility index (Phi) is 8.08. The summed E-state index contributed by atoms with van der Waals surface area (Å²) in [5.74, 6) is -0.326. The molecule has 1 saturated heterocycles. The number of nitriles is 1. The lowest BCUT2D eigenvalue weighted by Crippen LogP contribution is -2.50. The fraction of sp³-hybridized carbons (Fsp3) is 0.619. The molecule has 0 amide bonds. The molecular weight excluding hydrogens is 328 g/mol. The van der Waals surface area contributed by atoms with Crippen LogP contribution >= 0.6 is 0 Å². The highest BCUT2D eigenvalue weighted by Crippen LogP contribution is 2.40. The first-order chi connectivity index (χ1) is 12.6. The molecule has 0 aliphatic carbocycles. The molecule has 0 N–H and O–H groups in total. The van der Waals surface area contributed by atoms with Crippen LogP contribution in [-0.2, 0) is 20.8 Å². The number of esters is 1. The van der Waals surface area contributed by atoms with E-state index in [2.05, 4.69) is 35.2 Å². The summed E-state index contributed by atoms with van der Waals surface area (Å²) in [5, 5.41) is 9.40. The van der Waals surface area contributed by atoms with E-state index in [9.17, 15) is 10.1 Å². The molecule has 2 rings (SSSR count). The van der Waals surface area contributed by atoms with E-state index in [1.165, 1.54) is 5.56 Å². The minimum absolute atomic E-state index is 0.319. The zero-order valence-corrected chi connectivity index (χ0v) is 15.9. The highest BCUT2D eigenvalue weighted by atomic mass is 16.6. The van der Waals surface area contributed by atoms with E-state index >= 15 is 0 Å². The molecule has 0 radical (unpaired) electrons. The molecule has 1 aliphatic rings. The van der Waals surface area contributed by atoms with Gasteiger partial charge in [0, 0.05) is 25.0 Å². The van der Waals surface area contributed by atoms with Gasteiger partial charge in [0.05, 0.1) is 12.7 Å². The topological polar surface area (TPSA) is 62.6 Å². The number of likely N-dealkylation sites (tertiary alicyclic amines) is 1. The van der Waals surface area contributed by atoms with Crippen molar-refractivity contribution in [2.75, 3.05) is 26.3 Å². The number of carbonyl (C=O) groups excluding carboxylic acids is 1. The average Bonchev–Trinajstić information content (AvgIpc) is 2.65. The highest BCUT2D eigenvalue weighted by Gasteiger charge is 2.46. The summed E-state index contributed by atoms with van der Waals surface area (Å²) >= 11 is 0. The van der Waals surface area contributed by atoms with Crippen LogP contribution in [0.5, 0.6) is 0 Å². The molecule has 1 aliphatic heterocycles. The monoisotopic (exact) mass is 358 g/mol. The minimum Gasteiger partial charge on any atom is -0.464 e. The van der Waals surface area contributed by atoms with Gasteiger partial charge in [0.25, 0.3) is 0 Å². The van der Waals surface area contributed by atoms with Crippen molar-refractivity contribution in [3.8, 4) is 6.07 Å². The normalized spacial score (nSPS) is 18.0. The van der Waals surface area contributed by atoms with E-state index in [1.807, 2.05) is 13.0 Å². The molecule has 0 bridgehead atoms. The highest BCUT2D eigenvalue weighted by molar-refractivity contribution is 5.76. The molecule has 5 nitrogen and oxygen atoms in total. The van der Waals surface area contributed by atoms with Crippen LogP contribution in [0, 0.1) is 16.7 Å². The molecule has 1 fully saturated rings. The Bertz CT molecular complexity index is 589. The van der Waals surface area contributed by atoms with Gasteiger partial charge in [0.15, 0.2) is 6.10 Å². The van der Waals surface area contributed by atoms with Crippen LogP contribution in [0.25, 0.3) is 0 Å². The third kappa shape index (κ3) is 5.30. The lowest BCUT2D eigenvalue weighted by molar-refractivity contribution is -0.170. The van der Waals surface area contributed by atoms with Crippen LogP contribution < -0.4 is 0 Å². The number of hydrogen-bond donors (Lipinski definition) is 0. The first-order valence-electron chi connectivity index (χ1n) is 9.56. The average molecular weight is 358 g/mol. The molecule has 1 heterocycles. The van der Waals surface area contributed by atoms with Crippen molar-refractivity contribution in [1.82, 2.24) is 4.90 Å². The zero-order chi connectivity index (χ0) is 18.8. The number of nitrogens with zero attached hydrogens (tertiary/aromatic N) is 2. The van der Waals surface area contributed by atoms with Crippen molar-refractivity contribution < 1.29 is 14.3 Å². The first-order valence-corrected chi connectivity index (χ1v) is 9.56.